The molecule has 0 unspecified atom stereocenters. The fraction of sp³-hybridized carbons (Fsp3) is 0.250. The van der Waals surface area contributed by atoms with E-state index in [1.165, 1.54) is 29.2 Å². The Labute approximate surface area is 156 Å². The van der Waals surface area contributed by atoms with Crippen molar-refractivity contribution in [3.8, 4) is 0 Å². The molecule has 0 heterocycles. The lowest BCUT2D eigenvalue weighted by Crippen LogP contribution is -2.28. The Kier molecular flexibility index (Phi) is 6.65. The smallest absolute Gasteiger partial charge is 0.303 e. The number of benzene rings is 2. The number of carboxylic acid groups (broad SMARTS) is 1. The zero-order valence-corrected chi connectivity index (χ0v) is 15.2. The van der Waals surface area contributed by atoms with Crippen LogP contribution in [0.2, 0.25) is 0 Å². The van der Waals surface area contributed by atoms with E-state index in [0.717, 1.165) is 5.56 Å². The minimum atomic E-state index is -0.913. The lowest BCUT2D eigenvalue weighted by molar-refractivity contribution is -0.137. The highest BCUT2D eigenvalue weighted by molar-refractivity contribution is 6.05. The van der Waals surface area contributed by atoms with Gasteiger partial charge in [0.15, 0.2) is 0 Å². The maximum atomic E-state index is 13.8. The third-order valence-electron chi connectivity index (χ3n) is 4.08. The summed E-state index contributed by atoms with van der Waals surface area (Å²) in [5.74, 6) is -2.43. The molecular formula is C20H21FN2O4. The summed E-state index contributed by atoms with van der Waals surface area (Å²) >= 11 is 0. The van der Waals surface area contributed by atoms with E-state index in [1.54, 1.807) is 32.2 Å². The van der Waals surface area contributed by atoms with Crippen molar-refractivity contribution in [3.05, 3.63) is 65.0 Å². The van der Waals surface area contributed by atoms with Crippen LogP contribution in [0.5, 0.6) is 0 Å². The number of anilines is 1. The summed E-state index contributed by atoms with van der Waals surface area (Å²) in [6, 6.07) is 10.5. The number of carbonyl (C=O) groups is 3. The van der Waals surface area contributed by atoms with Gasteiger partial charge in [0.05, 0.1) is 5.56 Å². The van der Waals surface area contributed by atoms with Crippen LogP contribution in [-0.2, 0) is 4.79 Å². The Morgan fingerprint density at radius 1 is 1.15 bits per heavy atom. The molecule has 0 radical (unpaired) electrons. The summed E-state index contributed by atoms with van der Waals surface area (Å²) in [6.45, 7) is 2.07. The molecule has 0 saturated carbocycles. The first-order chi connectivity index (χ1) is 12.8. The molecule has 2 rings (SSSR count). The normalized spacial score (nSPS) is 10.3. The Hall–Kier alpha value is -3.22. The molecule has 2 aromatic rings. The highest BCUT2D eigenvalue weighted by Crippen LogP contribution is 2.20. The molecule has 0 fully saturated rings. The summed E-state index contributed by atoms with van der Waals surface area (Å²) in [5.41, 5.74) is 1.40. The predicted molar refractivity (Wildman–Crippen MR) is 99.4 cm³/mol. The van der Waals surface area contributed by atoms with Crippen LogP contribution in [0.3, 0.4) is 0 Å². The van der Waals surface area contributed by atoms with Gasteiger partial charge in [-0.2, -0.15) is 0 Å². The Morgan fingerprint density at radius 3 is 2.52 bits per heavy atom. The van der Waals surface area contributed by atoms with Gasteiger partial charge in [0, 0.05) is 31.3 Å². The molecule has 0 aliphatic carbocycles. The van der Waals surface area contributed by atoms with Gasteiger partial charge in [0.2, 0.25) is 0 Å². The number of aryl methyl sites for hydroxylation is 1. The quantitative estimate of drug-likeness (QED) is 0.781. The van der Waals surface area contributed by atoms with Gasteiger partial charge in [0.1, 0.15) is 5.82 Å². The van der Waals surface area contributed by atoms with Crippen LogP contribution in [0.25, 0.3) is 0 Å². The van der Waals surface area contributed by atoms with Crippen molar-refractivity contribution < 1.29 is 23.9 Å². The molecule has 0 saturated heterocycles. The predicted octanol–water partition coefficient (Wildman–Crippen LogP) is 3.32. The number of amides is 2. The summed E-state index contributed by atoms with van der Waals surface area (Å²) in [4.78, 5) is 36.8. The van der Waals surface area contributed by atoms with Gasteiger partial charge < -0.3 is 15.3 Å². The number of carboxylic acids is 1. The second-order valence-corrected chi connectivity index (χ2v) is 6.19. The molecule has 142 valence electrons. The van der Waals surface area contributed by atoms with E-state index >= 15 is 0 Å². The largest absolute Gasteiger partial charge is 0.481 e. The molecule has 2 aromatic carbocycles. The molecule has 7 heteroatoms. The lowest BCUT2D eigenvalue weighted by Gasteiger charge is -2.18. The second-order valence-electron chi connectivity index (χ2n) is 6.19. The van der Waals surface area contributed by atoms with Crippen molar-refractivity contribution in [2.45, 2.75) is 19.8 Å². The van der Waals surface area contributed by atoms with Crippen LogP contribution in [-0.4, -0.2) is 41.4 Å². The fourth-order valence-electron chi connectivity index (χ4n) is 2.51. The van der Waals surface area contributed by atoms with Gasteiger partial charge in [-0.05, 0) is 43.2 Å². The van der Waals surface area contributed by atoms with Gasteiger partial charge >= 0.3 is 5.97 Å². The minimum absolute atomic E-state index is 0.0184. The van der Waals surface area contributed by atoms with Crippen molar-refractivity contribution in [2.75, 3.05) is 18.9 Å². The van der Waals surface area contributed by atoms with Gasteiger partial charge in [-0.3, -0.25) is 14.4 Å². The van der Waals surface area contributed by atoms with Crippen LogP contribution in [0.1, 0.15) is 39.1 Å². The van der Waals surface area contributed by atoms with Crippen LogP contribution >= 0.6 is 0 Å². The van der Waals surface area contributed by atoms with Crippen molar-refractivity contribution in [1.29, 1.82) is 0 Å². The van der Waals surface area contributed by atoms with Gasteiger partial charge in [-0.1, -0.05) is 18.2 Å². The highest BCUT2D eigenvalue weighted by Gasteiger charge is 2.16. The van der Waals surface area contributed by atoms with Crippen LogP contribution in [0.15, 0.2) is 42.5 Å². The van der Waals surface area contributed by atoms with Gasteiger partial charge in [-0.15, -0.1) is 0 Å². The Balaban J connectivity index is 2.13. The molecular weight excluding hydrogens is 351 g/mol. The minimum Gasteiger partial charge on any atom is -0.481 e. The lowest BCUT2D eigenvalue weighted by atomic mass is 10.1. The number of nitrogens with one attached hydrogen (secondary N) is 1. The summed E-state index contributed by atoms with van der Waals surface area (Å²) in [6.07, 6.45) is 0.329. The van der Waals surface area contributed by atoms with Crippen molar-refractivity contribution in [1.82, 2.24) is 4.90 Å². The van der Waals surface area contributed by atoms with E-state index in [1.807, 2.05) is 0 Å². The molecule has 0 aliphatic heterocycles. The summed E-state index contributed by atoms with van der Waals surface area (Å²) < 4.78 is 13.8. The van der Waals surface area contributed by atoms with Crippen LogP contribution in [0, 0.1) is 12.7 Å². The molecule has 2 N–H and O–H groups in total. The second kappa shape index (κ2) is 8.93. The van der Waals surface area contributed by atoms with Crippen LogP contribution in [0.4, 0.5) is 10.1 Å². The number of rotatable bonds is 7. The average molecular weight is 372 g/mol. The van der Waals surface area contributed by atoms with Crippen molar-refractivity contribution in [3.63, 3.8) is 0 Å². The zero-order valence-electron chi connectivity index (χ0n) is 15.2. The number of carbonyl (C=O) groups excluding carboxylic acids is 2. The average Bonchev–Trinajstić information content (AvgIpc) is 2.62. The van der Waals surface area contributed by atoms with E-state index in [2.05, 4.69) is 5.32 Å². The van der Waals surface area contributed by atoms with Gasteiger partial charge in [-0.25, -0.2) is 4.39 Å². The number of nitrogens with zero attached hydrogens (tertiary/aromatic N) is 1. The molecule has 2 amide bonds. The summed E-state index contributed by atoms with van der Waals surface area (Å²) in [7, 11) is 1.58. The number of halogens is 1. The Morgan fingerprint density at radius 2 is 1.85 bits per heavy atom. The first-order valence-corrected chi connectivity index (χ1v) is 8.43. The zero-order chi connectivity index (χ0) is 20.0. The van der Waals surface area contributed by atoms with Crippen molar-refractivity contribution in [2.24, 2.45) is 0 Å². The molecule has 0 aromatic heterocycles. The fourth-order valence-corrected chi connectivity index (χ4v) is 2.51. The SMILES string of the molecule is Cc1ccc(C(=O)N(C)CCCC(=O)O)cc1NC(=O)c1ccccc1F. The van der Waals surface area contributed by atoms with E-state index in [9.17, 15) is 18.8 Å². The maximum Gasteiger partial charge on any atom is 0.303 e. The third kappa shape index (κ3) is 5.37. The topological polar surface area (TPSA) is 86.7 Å². The molecule has 0 spiro atoms. The maximum absolute atomic E-state index is 13.8. The van der Waals surface area contributed by atoms with E-state index in [4.69, 9.17) is 5.11 Å². The molecule has 0 bridgehead atoms. The van der Waals surface area contributed by atoms with Gasteiger partial charge in [0.25, 0.3) is 11.8 Å². The molecule has 0 atom stereocenters. The van der Waals surface area contributed by atoms with Crippen LogP contribution < -0.4 is 5.32 Å². The number of hydrogen-bond acceptors (Lipinski definition) is 3. The number of hydrogen-bond donors (Lipinski definition) is 2. The van der Waals surface area contributed by atoms with Crippen molar-refractivity contribution >= 4 is 23.5 Å². The monoisotopic (exact) mass is 372 g/mol. The summed E-state index contributed by atoms with van der Waals surface area (Å²) in [5, 5.41) is 11.3. The molecule has 0 aliphatic rings. The van der Waals surface area contributed by atoms with E-state index < -0.39 is 17.7 Å². The highest BCUT2D eigenvalue weighted by atomic mass is 19.1. The molecule has 27 heavy (non-hydrogen) atoms. The standard InChI is InChI=1S/C20H21FN2O4/c1-13-9-10-14(20(27)23(2)11-5-8-18(24)25)12-17(13)22-19(26)15-6-3-4-7-16(15)21/h3-4,6-7,9-10,12H,5,8,11H2,1-2H3,(H,22,26)(H,24,25). The number of aliphatic carboxylic acids is 1. The first-order valence-electron chi connectivity index (χ1n) is 8.43. The van der Waals surface area contributed by atoms with E-state index in [0.29, 0.717) is 24.2 Å². The Bertz CT molecular complexity index is 867. The first kappa shape index (κ1) is 20.1. The molecule has 6 nitrogen and oxygen atoms in total. The third-order valence-corrected chi connectivity index (χ3v) is 4.08. The van der Waals surface area contributed by atoms with E-state index in [-0.39, 0.29) is 17.9 Å².